The molecule has 1 heterocycles. The van der Waals surface area contributed by atoms with Crippen LogP contribution in [-0.2, 0) is 11.3 Å². The molecule has 4 nitrogen and oxygen atoms in total. The van der Waals surface area contributed by atoms with E-state index in [0.29, 0.717) is 23.7 Å². The van der Waals surface area contributed by atoms with Crippen molar-refractivity contribution in [2.45, 2.75) is 33.2 Å². The lowest BCUT2D eigenvalue weighted by Crippen LogP contribution is -2.44. The summed E-state index contributed by atoms with van der Waals surface area (Å²) < 4.78 is 0. The second-order valence-electron chi connectivity index (χ2n) is 6.34. The number of nitrogens with zero attached hydrogens (tertiary/aromatic N) is 1. The topological polar surface area (TPSA) is 60.8 Å². The first-order valence-corrected chi connectivity index (χ1v) is 7.62. The van der Waals surface area contributed by atoms with E-state index in [0.717, 1.165) is 19.4 Å². The molecule has 2 rings (SSSR count). The molecule has 0 radical (unpaired) electrons. The van der Waals surface area contributed by atoms with Crippen LogP contribution in [0.3, 0.4) is 0 Å². The van der Waals surface area contributed by atoms with Gasteiger partial charge in [-0.1, -0.05) is 17.7 Å². The lowest BCUT2D eigenvalue weighted by Gasteiger charge is -2.39. The second kappa shape index (κ2) is 6.24. The summed E-state index contributed by atoms with van der Waals surface area (Å²) in [7, 11) is 0. The quantitative estimate of drug-likeness (QED) is 0.895. The molecule has 2 N–H and O–H groups in total. The fraction of sp³-hybridized carbons (Fsp3) is 0.562. The molecule has 21 heavy (non-hydrogen) atoms. The Bertz CT molecular complexity index is 510. The summed E-state index contributed by atoms with van der Waals surface area (Å²) in [4.78, 5) is 13.6. The van der Waals surface area contributed by atoms with E-state index in [9.17, 15) is 15.0 Å². The van der Waals surface area contributed by atoms with Gasteiger partial charge in [-0.3, -0.25) is 9.69 Å². The van der Waals surface area contributed by atoms with Gasteiger partial charge in [0.05, 0.1) is 5.41 Å². The van der Waals surface area contributed by atoms with Crippen molar-refractivity contribution in [3.63, 3.8) is 0 Å². The molecule has 1 atom stereocenters. The second-order valence-corrected chi connectivity index (χ2v) is 6.75. The summed E-state index contributed by atoms with van der Waals surface area (Å²) in [6.07, 6.45) is 1.89. The fourth-order valence-corrected chi connectivity index (χ4v) is 3.12. The minimum absolute atomic E-state index is 0.105. The van der Waals surface area contributed by atoms with Crippen LogP contribution in [0.1, 0.15) is 32.3 Å². The van der Waals surface area contributed by atoms with Gasteiger partial charge in [0.15, 0.2) is 0 Å². The smallest absolute Gasteiger partial charge is 0.309 e. The first-order valence-electron chi connectivity index (χ1n) is 7.24. The van der Waals surface area contributed by atoms with Gasteiger partial charge in [0.2, 0.25) is 0 Å². The molecule has 1 fully saturated rings. The lowest BCUT2D eigenvalue weighted by atomic mass is 9.74. The van der Waals surface area contributed by atoms with Crippen LogP contribution in [0.15, 0.2) is 18.2 Å². The van der Waals surface area contributed by atoms with Gasteiger partial charge < -0.3 is 10.2 Å². The predicted molar refractivity (Wildman–Crippen MR) is 82.5 cm³/mol. The Labute approximate surface area is 130 Å². The molecule has 1 unspecified atom stereocenters. The zero-order chi connectivity index (χ0) is 15.6. The SMILES string of the molecule is CC(C)(C(=O)O)C1CCCN(Cc2c(O)cccc2Cl)C1. The number of likely N-dealkylation sites (tertiary alicyclic amines) is 1. The average molecular weight is 312 g/mol. The number of carboxylic acid groups (broad SMARTS) is 1. The highest BCUT2D eigenvalue weighted by Gasteiger charge is 2.39. The number of piperidine rings is 1. The number of halogens is 1. The summed E-state index contributed by atoms with van der Waals surface area (Å²) in [6.45, 7) is 5.74. The van der Waals surface area contributed by atoms with E-state index in [-0.39, 0.29) is 11.7 Å². The first kappa shape index (κ1) is 16.1. The third-order valence-corrected chi connectivity index (χ3v) is 4.91. The van der Waals surface area contributed by atoms with Gasteiger partial charge in [-0.2, -0.15) is 0 Å². The van der Waals surface area contributed by atoms with Crippen LogP contribution in [0.5, 0.6) is 5.75 Å². The number of aromatic hydroxyl groups is 1. The highest BCUT2D eigenvalue weighted by atomic mass is 35.5. The van der Waals surface area contributed by atoms with Crippen LogP contribution >= 0.6 is 11.6 Å². The molecular weight excluding hydrogens is 290 g/mol. The molecule has 0 aliphatic carbocycles. The molecule has 116 valence electrons. The predicted octanol–water partition coefficient (Wildman–Crippen LogP) is 3.37. The monoisotopic (exact) mass is 311 g/mol. The van der Waals surface area contributed by atoms with Crippen molar-refractivity contribution in [3.8, 4) is 5.75 Å². The molecule has 1 aliphatic rings. The molecule has 1 aromatic carbocycles. The largest absolute Gasteiger partial charge is 0.508 e. The third-order valence-electron chi connectivity index (χ3n) is 4.55. The summed E-state index contributed by atoms with van der Waals surface area (Å²) >= 11 is 6.14. The maximum Gasteiger partial charge on any atom is 0.309 e. The Hall–Kier alpha value is -1.26. The Balaban J connectivity index is 2.10. The summed E-state index contributed by atoms with van der Waals surface area (Å²) in [5.74, 6) is -0.453. The fourth-order valence-electron chi connectivity index (χ4n) is 2.89. The first-order chi connectivity index (χ1) is 9.82. The number of aliphatic carboxylic acids is 1. The van der Waals surface area contributed by atoms with Crippen molar-refractivity contribution in [1.29, 1.82) is 0 Å². The number of carbonyl (C=O) groups is 1. The zero-order valence-electron chi connectivity index (χ0n) is 12.5. The molecule has 1 aliphatic heterocycles. The third kappa shape index (κ3) is 3.50. The molecule has 0 spiro atoms. The van der Waals surface area contributed by atoms with E-state index in [1.54, 1.807) is 32.0 Å². The minimum atomic E-state index is -0.755. The van der Waals surface area contributed by atoms with Gasteiger partial charge in [-0.15, -0.1) is 0 Å². The highest BCUT2D eigenvalue weighted by molar-refractivity contribution is 6.31. The standard InChI is InChI=1S/C16H22ClNO3/c1-16(2,15(20)21)11-5-4-8-18(9-11)10-12-13(17)6-3-7-14(12)19/h3,6-7,11,19H,4-5,8-10H2,1-2H3,(H,20,21). The van der Waals surface area contributed by atoms with Crippen molar-refractivity contribution >= 4 is 17.6 Å². The highest BCUT2D eigenvalue weighted by Crippen LogP contribution is 2.35. The number of benzene rings is 1. The van der Waals surface area contributed by atoms with Crippen molar-refractivity contribution in [3.05, 3.63) is 28.8 Å². The van der Waals surface area contributed by atoms with Gasteiger partial charge in [0.1, 0.15) is 5.75 Å². The molecular formula is C16H22ClNO3. The number of carboxylic acids is 1. The lowest BCUT2D eigenvalue weighted by molar-refractivity contribution is -0.151. The van der Waals surface area contributed by atoms with Crippen LogP contribution in [0.4, 0.5) is 0 Å². The van der Waals surface area contributed by atoms with Crippen LogP contribution in [0, 0.1) is 11.3 Å². The summed E-state index contributed by atoms with van der Waals surface area (Å²) in [5, 5.41) is 19.9. The normalized spacial score (nSPS) is 20.4. The summed E-state index contributed by atoms with van der Waals surface area (Å²) in [6, 6.07) is 5.11. The molecule has 5 heteroatoms. The van der Waals surface area contributed by atoms with E-state index < -0.39 is 11.4 Å². The molecule has 0 bridgehead atoms. The number of rotatable bonds is 4. The zero-order valence-corrected chi connectivity index (χ0v) is 13.2. The van der Waals surface area contributed by atoms with Crippen LogP contribution < -0.4 is 0 Å². The van der Waals surface area contributed by atoms with Crippen molar-refractivity contribution in [2.75, 3.05) is 13.1 Å². The van der Waals surface area contributed by atoms with Crippen molar-refractivity contribution in [1.82, 2.24) is 4.90 Å². The molecule has 1 saturated heterocycles. The van der Waals surface area contributed by atoms with Crippen LogP contribution in [0.2, 0.25) is 5.02 Å². The van der Waals surface area contributed by atoms with Crippen molar-refractivity contribution in [2.24, 2.45) is 11.3 Å². The number of hydrogen-bond acceptors (Lipinski definition) is 3. The van der Waals surface area contributed by atoms with Gasteiger partial charge >= 0.3 is 5.97 Å². The maximum atomic E-state index is 11.4. The van der Waals surface area contributed by atoms with E-state index in [1.165, 1.54) is 0 Å². The molecule has 0 amide bonds. The van der Waals surface area contributed by atoms with E-state index >= 15 is 0 Å². The molecule has 0 saturated carbocycles. The van der Waals surface area contributed by atoms with Crippen LogP contribution in [0.25, 0.3) is 0 Å². The molecule has 0 aromatic heterocycles. The Morgan fingerprint density at radius 3 is 2.81 bits per heavy atom. The maximum absolute atomic E-state index is 11.4. The van der Waals surface area contributed by atoms with Crippen LogP contribution in [-0.4, -0.2) is 34.2 Å². The van der Waals surface area contributed by atoms with E-state index in [1.807, 2.05) is 0 Å². The van der Waals surface area contributed by atoms with E-state index in [4.69, 9.17) is 11.6 Å². The Kier molecular flexibility index (Phi) is 4.79. The Morgan fingerprint density at radius 1 is 1.48 bits per heavy atom. The van der Waals surface area contributed by atoms with Gasteiger partial charge in [-0.05, 0) is 51.3 Å². The van der Waals surface area contributed by atoms with Gasteiger partial charge in [0, 0.05) is 23.7 Å². The number of phenolic OH excluding ortho intramolecular Hbond substituents is 1. The summed E-state index contributed by atoms with van der Waals surface area (Å²) in [5.41, 5.74) is -0.0192. The molecule has 1 aromatic rings. The van der Waals surface area contributed by atoms with Gasteiger partial charge in [0.25, 0.3) is 0 Å². The van der Waals surface area contributed by atoms with Crippen molar-refractivity contribution < 1.29 is 15.0 Å². The Morgan fingerprint density at radius 2 is 2.19 bits per heavy atom. The van der Waals surface area contributed by atoms with E-state index in [2.05, 4.69) is 4.90 Å². The minimum Gasteiger partial charge on any atom is -0.508 e. The van der Waals surface area contributed by atoms with Gasteiger partial charge in [-0.25, -0.2) is 0 Å². The number of hydrogen-bond donors (Lipinski definition) is 2. The number of phenols is 1. The average Bonchev–Trinajstić information content (AvgIpc) is 2.43.